The summed E-state index contributed by atoms with van der Waals surface area (Å²) in [5.41, 5.74) is 1.28. The van der Waals surface area contributed by atoms with E-state index in [0.29, 0.717) is 34.7 Å². The summed E-state index contributed by atoms with van der Waals surface area (Å²) in [7, 11) is 1.61. The van der Waals surface area contributed by atoms with Crippen LogP contribution >= 0.6 is 23.4 Å². The zero-order valence-electron chi connectivity index (χ0n) is 15.7. The summed E-state index contributed by atoms with van der Waals surface area (Å²) in [5.74, 6) is -0.149. The molecule has 1 heterocycles. The van der Waals surface area contributed by atoms with Crippen molar-refractivity contribution >= 4 is 35.2 Å². The summed E-state index contributed by atoms with van der Waals surface area (Å²) in [6, 6.07) is 15.9. The number of thioether (sulfide) groups is 1. The number of ether oxygens (including phenoxy) is 1. The van der Waals surface area contributed by atoms with Crippen molar-refractivity contribution in [3.8, 4) is 11.4 Å². The van der Waals surface area contributed by atoms with E-state index in [4.69, 9.17) is 16.3 Å². The Morgan fingerprint density at radius 1 is 1.10 bits per heavy atom. The van der Waals surface area contributed by atoms with Crippen LogP contribution in [-0.4, -0.2) is 46.0 Å². The predicted molar refractivity (Wildman–Crippen MR) is 112 cm³/mol. The molecule has 0 spiro atoms. The van der Waals surface area contributed by atoms with Crippen LogP contribution in [0.25, 0.3) is 11.4 Å². The van der Waals surface area contributed by atoms with Gasteiger partial charge in [0, 0.05) is 23.3 Å². The van der Waals surface area contributed by atoms with Crippen molar-refractivity contribution in [2.75, 3.05) is 19.5 Å². The first-order valence-corrected chi connectivity index (χ1v) is 10.1. The summed E-state index contributed by atoms with van der Waals surface area (Å²) in [5, 5.41) is 12.0. The van der Waals surface area contributed by atoms with Crippen molar-refractivity contribution in [3.63, 3.8) is 0 Å². The summed E-state index contributed by atoms with van der Waals surface area (Å²) in [4.78, 5) is 24.3. The van der Waals surface area contributed by atoms with Crippen molar-refractivity contribution in [1.29, 1.82) is 0 Å². The van der Waals surface area contributed by atoms with Crippen molar-refractivity contribution in [2.24, 2.45) is 0 Å². The second-order valence-corrected chi connectivity index (χ2v) is 7.37. The molecule has 9 heteroatoms. The lowest BCUT2D eigenvalue weighted by Gasteiger charge is -2.10. The fraction of sp³-hybridized carbons (Fsp3) is 0.200. The highest BCUT2D eigenvalue weighted by Crippen LogP contribution is 2.25. The Morgan fingerprint density at radius 2 is 1.83 bits per heavy atom. The summed E-state index contributed by atoms with van der Waals surface area (Å²) < 4.78 is 7.06. The Morgan fingerprint density at radius 3 is 2.52 bits per heavy atom. The largest absolute Gasteiger partial charge is 0.383 e. The van der Waals surface area contributed by atoms with Gasteiger partial charge in [-0.3, -0.25) is 19.5 Å². The zero-order valence-corrected chi connectivity index (χ0v) is 17.2. The molecule has 150 valence electrons. The van der Waals surface area contributed by atoms with Crippen molar-refractivity contribution in [2.45, 2.75) is 11.7 Å². The average molecular weight is 431 g/mol. The fourth-order valence-corrected chi connectivity index (χ4v) is 3.44. The molecule has 0 atom stereocenters. The van der Waals surface area contributed by atoms with Crippen LogP contribution in [0.3, 0.4) is 0 Å². The first kappa shape index (κ1) is 21.0. The normalized spacial score (nSPS) is 10.7. The second kappa shape index (κ2) is 10.2. The molecule has 0 aliphatic heterocycles. The van der Waals surface area contributed by atoms with Gasteiger partial charge in [-0.1, -0.05) is 41.6 Å². The van der Waals surface area contributed by atoms with Crippen LogP contribution in [0, 0.1) is 0 Å². The molecule has 3 aromatic rings. The number of halogens is 1. The molecule has 0 aliphatic carbocycles. The maximum atomic E-state index is 12.2. The van der Waals surface area contributed by atoms with Crippen LogP contribution in [0.4, 0.5) is 0 Å². The van der Waals surface area contributed by atoms with E-state index in [1.807, 2.05) is 16.7 Å². The van der Waals surface area contributed by atoms with Gasteiger partial charge in [-0.05, 0) is 36.4 Å². The van der Waals surface area contributed by atoms with E-state index < -0.39 is 11.8 Å². The number of aromatic nitrogens is 3. The van der Waals surface area contributed by atoms with E-state index in [1.54, 1.807) is 49.6 Å². The topological polar surface area (TPSA) is 86.1 Å². The number of methoxy groups -OCH3 is 1. The molecule has 0 aliphatic rings. The SMILES string of the molecule is COCCn1c(SCC(=O)NC(=O)c2ccccc2)nnc1-c1ccc(Cl)cc1. The molecular weight excluding hydrogens is 412 g/mol. The Labute approximate surface area is 177 Å². The van der Waals surface area contributed by atoms with Gasteiger partial charge >= 0.3 is 0 Å². The zero-order chi connectivity index (χ0) is 20.6. The molecule has 0 saturated carbocycles. The fourth-order valence-electron chi connectivity index (χ4n) is 2.55. The number of hydrogen-bond donors (Lipinski definition) is 1. The maximum absolute atomic E-state index is 12.2. The number of carbonyl (C=O) groups is 2. The lowest BCUT2D eigenvalue weighted by Crippen LogP contribution is -2.31. The van der Waals surface area contributed by atoms with Crippen LogP contribution in [-0.2, 0) is 16.1 Å². The van der Waals surface area contributed by atoms with E-state index in [1.165, 1.54) is 11.8 Å². The lowest BCUT2D eigenvalue weighted by atomic mass is 10.2. The van der Waals surface area contributed by atoms with E-state index >= 15 is 0 Å². The van der Waals surface area contributed by atoms with Crippen LogP contribution in [0.15, 0.2) is 59.8 Å². The number of carbonyl (C=O) groups excluding carboxylic acids is 2. The third-order valence-electron chi connectivity index (χ3n) is 3.96. The first-order chi connectivity index (χ1) is 14.1. The van der Waals surface area contributed by atoms with Gasteiger partial charge in [-0.2, -0.15) is 0 Å². The minimum absolute atomic E-state index is 0.0321. The highest BCUT2D eigenvalue weighted by Gasteiger charge is 2.17. The molecule has 0 bridgehead atoms. The summed E-state index contributed by atoms with van der Waals surface area (Å²) in [6.07, 6.45) is 0. The van der Waals surface area contributed by atoms with Gasteiger partial charge in [-0.25, -0.2) is 0 Å². The van der Waals surface area contributed by atoms with Crippen molar-refractivity contribution in [1.82, 2.24) is 20.1 Å². The number of imide groups is 1. The van der Waals surface area contributed by atoms with Gasteiger partial charge in [0.15, 0.2) is 11.0 Å². The molecule has 0 saturated heterocycles. The van der Waals surface area contributed by atoms with Gasteiger partial charge in [-0.15, -0.1) is 10.2 Å². The molecular formula is C20H19ClN4O3S. The Hall–Kier alpha value is -2.68. The number of rotatable bonds is 8. The quantitative estimate of drug-likeness (QED) is 0.552. The third-order valence-corrected chi connectivity index (χ3v) is 5.18. The molecule has 7 nitrogen and oxygen atoms in total. The second-order valence-electron chi connectivity index (χ2n) is 5.99. The minimum Gasteiger partial charge on any atom is -0.383 e. The number of benzene rings is 2. The average Bonchev–Trinajstić information content (AvgIpc) is 3.14. The van der Waals surface area contributed by atoms with Gasteiger partial charge in [0.05, 0.1) is 18.9 Å². The molecule has 29 heavy (non-hydrogen) atoms. The lowest BCUT2D eigenvalue weighted by molar-refractivity contribution is -0.117. The Kier molecular flexibility index (Phi) is 7.40. The minimum atomic E-state index is -0.432. The summed E-state index contributed by atoms with van der Waals surface area (Å²) in [6.45, 7) is 0.985. The van der Waals surface area contributed by atoms with E-state index in [-0.39, 0.29) is 5.75 Å². The highest BCUT2D eigenvalue weighted by atomic mass is 35.5. The Balaban J connectivity index is 1.69. The van der Waals surface area contributed by atoms with E-state index in [2.05, 4.69) is 15.5 Å². The number of amides is 2. The standard InChI is InChI=1S/C20H19ClN4O3S/c1-28-12-11-25-18(14-7-9-16(21)10-8-14)23-24-20(25)29-13-17(26)22-19(27)15-5-3-2-4-6-15/h2-10H,11-13H2,1H3,(H,22,26,27). The molecule has 2 amide bonds. The van der Waals surface area contributed by atoms with Gasteiger partial charge in [0.25, 0.3) is 5.91 Å². The molecule has 0 radical (unpaired) electrons. The van der Waals surface area contributed by atoms with Crippen LogP contribution in [0.5, 0.6) is 0 Å². The maximum Gasteiger partial charge on any atom is 0.257 e. The number of nitrogens with one attached hydrogen (secondary N) is 1. The number of hydrogen-bond acceptors (Lipinski definition) is 6. The monoisotopic (exact) mass is 430 g/mol. The van der Waals surface area contributed by atoms with Crippen LogP contribution in [0.2, 0.25) is 5.02 Å². The van der Waals surface area contributed by atoms with Crippen molar-refractivity contribution in [3.05, 3.63) is 65.2 Å². The van der Waals surface area contributed by atoms with Crippen LogP contribution < -0.4 is 5.32 Å². The molecule has 2 aromatic carbocycles. The van der Waals surface area contributed by atoms with E-state index in [9.17, 15) is 9.59 Å². The number of nitrogens with zero attached hydrogens (tertiary/aromatic N) is 3. The first-order valence-electron chi connectivity index (χ1n) is 8.78. The molecule has 1 N–H and O–H groups in total. The molecule has 1 aromatic heterocycles. The van der Waals surface area contributed by atoms with E-state index in [0.717, 1.165) is 5.56 Å². The smallest absolute Gasteiger partial charge is 0.257 e. The predicted octanol–water partition coefficient (Wildman–Crippen LogP) is 3.29. The molecule has 3 rings (SSSR count). The van der Waals surface area contributed by atoms with Gasteiger partial charge < -0.3 is 4.74 Å². The van der Waals surface area contributed by atoms with Crippen molar-refractivity contribution < 1.29 is 14.3 Å². The summed E-state index contributed by atoms with van der Waals surface area (Å²) >= 11 is 7.16. The van der Waals surface area contributed by atoms with Gasteiger partial charge in [0.2, 0.25) is 5.91 Å². The highest BCUT2D eigenvalue weighted by molar-refractivity contribution is 7.99. The molecule has 0 fully saturated rings. The third kappa shape index (κ3) is 5.66. The molecule has 0 unspecified atom stereocenters. The van der Waals surface area contributed by atoms with Crippen LogP contribution in [0.1, 0.15) is 10.4 Å². The van der Waals surface area contributed by atoms with Gasteiger partial charge in [0.1, 0.15) is 0 Å². The Bertz CT molecular complexity index is 977.